The van der Waals surface area contributed by atoms with Crippen LogP contribution < -0.4 is 11.1 Å². The molecule has 0 aliphatic heterocycles. The number of aliphatic carboxylic acids is 1. The van der Waals surface area contributed by atoms with Crippen LogP contribution in [0.2, 0.25) is 0 Å². The molecule has 0 spiro atoms. The van der Waals surface area contributed by atoms with Gasteiger partial charge in [-0.05, 0) is 103 Å². The van der Waals surface area contributed by atoms with Crippen molar-refractivity contribution in [2.75, 3.05) is 6.54 Å². The lowest BCUT2D eigenvalue weighted by molar-refractivity contribution is -0.150. The van der Waals surface area contributed by atoms with E-state index in [-0.39, 0.29) is 18.0 Å². The fourth-order valence-electron chi connectivity index (χ4n) is 6.48. The van der Waals surface area contributed by atoms with E-state index in [9.17, 15) is 19.5 Å². The summed E-state index contributed by atoms with van der Waals surface area (Å²) in [7, 11) is 0. The minimum absolute atomic E-state index is 0.00823. The monoisotopic (exact) mass is 769 g/mol. The van der Waals surface area contributed by atoms with Gasteiger partial charge in [-0.1, -0.05) is 158 Å². The number of carbonyl (C=O) groups excluding carboxylic acids is 2. The zero-order valence-corrected chi connectivity index (χ0v) is 35.5. The second kappa shape index (κ2) is 42.2. The summed E-state index contributed by atoms with van der Waals surface area (Å²) in [5, 5.41) is 11.9. The van der Waals surface area contributed by atoms with Crippen molar-refractivity contribution in [3.8, 4) is 0 Å². The molecule has 0 aromatic rings. The number of carbonyl (C=O) groups is 3. The minimum Gasteiger partial charge on any atom is -0.480 e. The summed E-state index contributed by atoms with van der Waals surface area (Å²) in [4.78, 5) is 36.3. The number of esters is 1. The van der Waals surface area contributed by atoms with Gasteiger partial charge in [0.05, 0.1) is 0 Å². The highest BCUT2D eigenvalue weighted by atomic mass is 16.5. The maximum Gasteiger partial charge on any atom is 0.326 e. The molecule has 0 fully saturated rings. The number of carboxylic acid groups (broad SMARTS) is 1. The van der Waals surface area contributed by atoms with Gasteiger partial charge in [0.1, 0.15) is 12.1 Å². The summed E-state index contributed by atoms with van der Waals surface area (Å²) in [6, 6.07) is -0.857. The van der Waals surface area contributed by atoms with Crippen LogP contribution in [0.25, 0.3) is 0 Å². The number of nitrogens with two attached hydrogens (primary N) is 1. The summed E-state index contributed by atoms with van der Waals surface area (Å²) < 4.78 is 6.01. The van der Waals surface area contributed by atoms with E-state index in [0.29, 0.717) is 32.2 Å². The maximum absolute atomic E-state index is 12.7. The minimum atomic E-state index is -1.01. The fraction of sp³-hybridized carbons (Fsp3) is 0.729. The third-order valence-corrected chi connectivity index (χ3v) is 9.85. The van der Waals surface area contributed by atoms with Crippen LogP contribution >= 0.6 is 0 Å². The van der Waals surface area contributed by atoms with Crippen LogP contribution in [0.4, 0.5) is 0 Å². The van der Waals surface area contributed by atoms with Crippen LogP contribution in [0, 0.1) is 0 Å². The molecule has 7 nitrogen and oxygen atoms in total. The summed E-state index contributed by atoms with van der Waals surface area (Å²) in [5.41, 5.74) is 5.48. The van der Waals surface area contributed by atoms with Crippen molar-refractivity contribution in [3.05, 3.63) is 60.8 Å². The van der Waals surface area contributed by atoms with Crippen molar-refractivity contribution >= 4 is 17.8 Å². The van der Waals surface area contributed by atoms with Crippen LogP contribution in [-0.4, -0.2) is 41.6 Å². The Kier molecular flexibility index (Phi) is 40.0. The Bertz CT molecular complexity index is 1050. The van der Waals surface area contributed by atoms with Gasteiger partial charge in [-0.3, -0.25) is 9.59 Å². The average Bonchev–Trinajstić information content (AvgIpc) is 3.17. The van der Waals surface area contributed by atoms with Gasteiger partial charge < -0.3 is 20.9 Å². The summed E-state index contributed by atoms with van der Waals surface area (Å²) >= 11 is 0. The summed E-state index contributed by atoms with van der Waals surface area (Å²) in [6.07, 6.45) is 52.8. The smallest absolute Gasteiger partial charge is 0.326 e. The molecule has 0 heterocycles. The molecule has 55 heavy (non-hydrogen) atoms. The number of carboxylic acids is 1. The Labute approximate surface area is 338 Å². The van der Waals surface area contributed by atoms with E-state index in [2.05, 4.69) is 79.9 Å². The predicted octanol–water partition coefficient (Wildman–Crippen LogP) is 13.0. The Balaban J connectivity index is 4.07. The molecule has 0 aliphatic carbocycles. The number of ether oxygens (including phenoxy) is 1. The highest BCUT2D eigenvalue weighted by Crippen LogP contribution is 2.19. The van der Waals surface area contributed by atoms with Gasteiger partial charge in [0.15, 0.2) is 0 Å². The normalized spacial score (nSPS) is 13.2. The van der Waals surface area contributed by atoms with Gasteiger partial charge in [0.2, 0.25) is 5.91 Å². The van der Waals surface area contributed by atoms with Crippen molar-refractivity contribution in [2.45, 2.75) is 219 Å². The van der Waals surface area contributed by atoms with Crippen LogP contribution in [0.5, 0.6) is 0 Å². The molecule has 0 saturated heterocycles. The van der Waals surface area contributed by atoms with Crippen molar-refractivity contribution in [2.24, 2.45) is 5.73 Å². The van der Waals surface area contributed by atoms with Gasteiger partial charge >= 0.3 is 11.9 Å². The lowest BCUT2D eigenvalue weighted by atomic mass is 10.0. The summed E-state index contributed by atoms with van der Waals surface area (Å²) in [5.74, 6) is -1.25. The van der Waals surface area contributed by atoms with Crippen LogP contribution in [0.15, 0.2) is 60.8 Å². The van der Waals surface area contributed by atoms with E-state index in [4.69, 9.17) is 10.5 Å². The molecule has 0 saturated carbocycles. The van der Waals surface area contributed by atoms with E-state index in [0.717, 1.165) is 103 Å². The number of hydrogen-bond acceptors (Lipinski definition) is 5. The first-order valence-corrected chi connectivity index (χ1v) is 22.6. The number of hydrogen-bond donors (Lipinski definition) is 3. The zero-order valence-electron chi connectivity index (χ0n) is 35.5. The molecule has 2 unspecified atom stereocenters. The third-order valence-electron chi connectivity index (χ3n) is 9.85. The van der Waals surface area contributed by atoms with Crippen molar-refractivity contribution in [1.82, 2.24) is 5.32 Å². The quantitative estimate of drug-likeness (QED) is 0.0324. The molecule has 7 heteroatoms. The topological polar surface area (TPSA) is 119 Å². The molecule has 4 N–H and O–H groups in total. The van der Waals surface area contributed by atoms with Gasteiger partial charge in [0, 0.05) is 12.8 Å². The molecule has 0 aromatic carbocycles. The second-order valence-corrected chi connectivity index (χ2v) is 15.1. The molecular weight excluding hydrogens is 685 g/mol. The molecular formula is C48H84N2O5. The molecule has 0 aromatic heterocycles. The van der Waals surface area contributed by atoms with Gasteiger partial charge in [-0.25, -0.2) is 4.79 Å². The van der Waals surface area contributed by atoms with E-state index < -0.39 is 12.0 Å². The van der Waals surface area contributed by atoms with E-state index in [1.807, 2.05) is 0 Å². The van der Waals surface area contributed by atoms with E-state index in [1.165, 1.54) is 64.2 Å². The Morgan fingerprint density at radius 1 is 0.545 bits per heavy atom. The average molecular weight is 769 g/mol. The highest BCUT2D eigenvalue weighted by molar-refractivity contribution is 5.83. The molecule has 0 rings (SSSR count). The SMILES string of the molecule is CC/C=C\C/C=C\C/C=C\C/C=C\C/C=C\CCCCCCCCCC(=O)OC(CCCCCCCC)CCCCCCCC(=O)NC(CCCN)C(=O)O. The number of nitrogens with one attached hydrogen (secondary N) is 1. The predicted molar refractivity (Wildman–Crippen MR) is 234 cm³/mol. The first-order valence-electron chi connectivity index (χ1n) is 22.6. The highest BCUT2D eigenvalue weighted by Gasteiger charge is 2.19. The van der Waals surface area contributed by atoms with Crippen LogP contribution in [0.3, 0.4) is 0 Å². The number of rotatable bonds is 40. The Morgan fingerprint density at radius 2 is 1.00 bits per heavy atom. The number of unbranched alkanes of at least 4 members (excludes halogenated alkanes) is 16. The van der Waals surface area contributed by atoms with E-state index in [1.54, 1.807) is 0 Å². The van der Waals surface area contributed by atoms with Crippen LogP contribution in [-0.2, 0) is 19.1 Å². The first kappa shape index (κ1) is 52.1. The lowest BCUT2D eigenvalue weighted by Gasteiger charge is -2.18. The molecule has 0 aliphatic rings. The fourth-order valence-corrected chi connectivity index (χ4v) is 6.48. The van der Waals surface area contributed by atoms with Gasteiger partial charge in [-0.15, -0.1) is 0 Å². The van der Waals surface area contributed by atoms with Gasteiger partial charge in [0.25, 0.3) is 0 Å². The molecule has 0 bridgehead atoms. The standard InChI is InChI=1S/C48H84N2O5/c1-3-5-7-9-11-12-13-14-15-16-17-18-19-20-21-22-23-24-25-26-27-32-36-42-47(52)55-44(38-33-29-10-8-6-4-2)39-34-30-28-31-35-41-46(51)50-45(48(53)54)40-37-43-49/h5,7,11-12,14-15,17-18,20-21,44-45H,3-4,6,8-10,13,16,19,22-43,49H2,1-2H3,(H,50,51)(H,53,54)/b7-5-,12-11-,15-14-,18-17-,21-20-. The second-order valence-electron chi connectivity index (χ2n) is 15.1. The third kappa shape index (κ3) is 39.1. The molecule has 316 valence electrons. The van der Waals surface area contributed by atoms with Crippen molar-refractivity contribution in [1.29, 1.82) is 0 Å². The Hall–Kier alpha value is -2.93. The lowest BCUT2D eigenvalue weighted by Crippen LogP contribution is -2.40. The molecule has 0 radical (unpaired) electrons. The van der Waals surface area contributed by atoms with Crippen LogP contribution in [0.1, 0.15) is 206 Å². The van der Waals surface area contributed by atoms with Crippen molar-refractivity contribution in [3.63, 3.8) is 0 Å². The largest absolute Gasteiger partial charge is 0.480 e. The Morgan fingerprint density at radius 3 is 1.51 bits per heavy atom. The molecule has 1 amide bonds. The number of allylic oxidation sites excluding steroid dienone is 10. The zero-order chi connectivity index (χ0) is 40.3. The maximum atomic E-state index is 12.7. The first-order chi connectivity index (χ1) is 26.9. The van der Waals surface area contributed by atoms with Gasteiger partial charge in [-0.2, -0.15) is 0 Å². The van der Waals surface area contributed by atoms with E-state index >= 15 is 0 Å². The summed E-state index contributed by atoms with van der Waals surface area (Å²) in [6.45, 7) is 4.81. The molecule has 2 atom stereocenters. The number of amides is 1. The van der Waals surface area contributed by atoms with Crippen molar-refractivity contribution < 1.29 is 24.2 Å².